The van der Waals surface area contributed by atoms with E-state index in [1.807, 2.05) is 18.3 Å². The summed E-state index contributed by atoms with van der Waals surface area (Å²) in [5, 5.41) is 0. The topological polar surface area (TPSA) is 37.2 Å². The number of fused-ring (bicyclic) bond motifs is 2. The van der Waals surface area contributed by atoms with Gasteiger partial charge in [-0.1, -0.05) is 30.3 Å². The average Bonchev–Trinajstić information content (AvgIpc) is 3.18. The summed E-state index contributed by atoms with van der Waals surface area (Å²) in [5.41, 5.74) is 5.49. The summed E-state index contributed by atoms with van der Waals surface area (Å²) < 4.78 is 2.21. The van der Waals surface area contributed by atoms with E-state index in [1.54, 1.807) is 6.20 Å². The molecule has 5 nitrogen and oxygen atoms in total. The van der Waals surface area contributed by atoms with E-state index in [0.29, 0.717) is 0 Å². The van der Waals surface area contributed by atoms with Gasteiger partial charge >= 0.3 is 0 Å². The zero-order chi connectivity index (χ0) is 17.7. The number of nitrogens with zero attached hydrogens (tertiary/aromatic N) is 5. The number of anilines is 2. The molecule has 1 aliphatic heterocycles. The van der Waals surface area contributed by atoms with Gasteiger partial charge in [0.2, 0.25) is 0 Å². The Labute approximate surface area is 152 Å². The molecule has 0 saturated heterocycles. The third-order valence-corrected chi connectivity index (χ3v) is 5.10. The zero-order valence-corrected chi connectivity index (χ0v) is 14.7. The normalized spacial score (nSPS) is 14.2. The van der Waals surface area contributed by atoms with Crippen LogP contribution in [0.2, 0.25) is 0 Å². The Kier molecular flexibility index (Phi) is 3.22. The molecule has 2 aromatic heterocycles. The van der Waals surface area contributed by atoms with Crippen LogP contribution in [0.5, 0.6) is 0 Å². The number of para-hydroxylation sites is 3. The smallest absolute Gasteiger partial charge is 0.162 e. The molecule has 0 atom stereocenters. The molecule has 0 saturated carbocycles. The summed E-state index contributed by atoms with van der Waals surface area (Å²) in [6.07, 6.45) is 3.70. The summed E-state index contributed by atoms with van der Waals surface area (Å²) in [7, 11) is 4.25. The van der Waals surface area contributed by atoms with Crippen LogP contribution in [0.3, 0.4) is 0 Å². The SMILES string of the molecule is CN1c2ccccc2N(C)C1c1nc2ccncc2n1-c1ccccc1. The second-order valence-corrected chi connectivity index (χ2v) is 6.59. The first kappa shape index (κ1) is 15.0. The average molecular weight is 341 g/mol. The zero-order valence-electron chi connectivity index (χ0n) is 14.7. The summed E-state index contributed by atoms with van der Waals surface area (Å²) in [4.78, 5) is 13.9. The molecule has 5 rings (SSSR count). The van der Waals surface area contributed by atoms with Gasteiger partial charge < -0.3 is 9.80 Å². The van der Waals surface area contributed by atoms with Crippen LogP contribution in [0.15, 0.2) is 73.1 Å². The highest BCUT2D eigenvalue weighted by Gasteiger charge is 2.36. The maximum atomic E-state index is 4.99. The molecule has 4 aromatic rings. The number of hydrogen-bond acceptors (Lipinski definition) is 4. The standard InChI is InChI=1S/C21H19N5/c1-24-17-10-6-7-11-18(17)25(2)21(24)20-23-16-12-13-22-14-19(16)26(20)15-8-4-3-5-9-15/h3-14,21H,1-2H3. The fourth-order valence-electron chi connectivity index (χ4n) is 3.89. The third-order valence-electron chi connectivity index (χ3n) is 5.10. The van der Waals surface area contributed by atoms with E-state index in [-0.39, 0.29) is 6.17 Å². The van der Waals surface area contributed by atoms with E-state index < -0.39 is 0 Å². The Balaban J connectivity index is 1.76. The van der Waals surface area contributed by atoms with Gasteiger partial charge in [0.15, 0.2) is 12.0 Å². The van der Waals surface area contributed by atoms with E-state index in [1.165, 1.54) is 11.4 Å². The van der Waals surface area contributed by atoms with Crippen LogP contribution < -0.4 is 9.80 Å². The molecule has 26 heavy (non-hydrogen) atoms. The molecule has 0 unspecified atom stereocenters. The van der Waals surface area contributed by atoms with E-state index in [2.05, 4.69) is 82.0 Å². The molecule has 0 aliphatic carbocycles. The number of benzene rings is 2. The first-order valence-electron chi connectivity index (χ1n) is 8.68. The molecule has 5 heteroatoms. The van der Waals surface area contributed by atoms with Crippen molar-refractivity contribution < 1.29 is 0 Å². The third kappa shape index (κ3) is 2.03. The minimum Gasteiger partial charge on any atom is -0.346 e. The quantitative estimate of drug-likeness (QED) is 0.552. The highest BCUT2D eigenvalue weighted by atomic mass is 15.4. The minimum absolute atomic E-state index is 0.0139. The van der Waals surface area contributed by atoms with Crippen LogP contribution in [0.1, 0.15) is 12.0 Å². The van der Waals surface area contributed by atoms with Gasteiger partial charge in [-0.15, -0.1) is 0 Å². The molecule has 0 N–H and O–H groups in total. The Morgan fingerprint density at radius 2 is 1.46 bits per heavy atom. The molecule has 0 amide bonds. The second-order valence-electron chi connectivity index (χ2n) is 6.59. The van der Waals surface area contributed by atoms with Crippen LogP contribution >= 0.6 is 0 Å². The minimum atomic E-state index is 0.0139. The summed E-state index contributed by atoms with van der Waals surface area (Å²) in [5.74, 6) is 0.986. The maximum Gasteiger partial charge on any atom is 0.162 e. The highest BCUT2D eigenvalue weighted by Crippen LogP contribution is 2.44. The first-order chi connectivity index (χ1) is 12.8. The summed E-state index contributed by atoms with van der Waals surface area (Å²) >= 11 is 0. The monoisotopic (exact) mass is 341 g/mol. The van der Waals surface area contributed by atoms with E-state index >= 15 is 0 Å². The number of rotatable bonds is 2. The van der Waals surface area contributed by atoms with Crippen molar-refractivity contribution in [1.82, 2.24) is 14.5 Å². The molecular weight excluding hydrogens is 322 g/mol. The predicted octanol–water partition coefficient (Wildman–Crippen LogP) is 4.01. The molecule has 0 fully saturated rings. The molecule has 128 valence electrons. The van der Waals surface area contributed by atoms with Crippen LogP contribution in [-0.4, -0.2) is 28.6 Å². The van der Waals surface area contributed by atoms with Crippen molar-refractivity contribution in [3.05, 3.63) is 78.9 Å². The van der Waals surface area contributed by atoms with Gasteiger partial charge in [-0.2, -0.15) is 0 Å². The van der Waals surface area contributed by atoms with E-state index in [4.69, 9.17) is 4.98 Å². The van der Waals surface area contributed by atoms with Crippen molar-refractivity contribution in [2.24, 2.45) is 0 Å². The molecule has 0 bridgehead atoms. The molecular formula is C21H19N5. The Hall–Kier alpha value is -3.34. The fraction of sp³-hybridized carbons (Fsp3) is 0.143. The Bertz CT molecular complexity index is 1060. The number of pyridine rings is 1. The van der Waals surface area contributed by atoms with Gasteiger partial charge in [-0.25, -0.2) is 4.98 Å². The van der Waals surface area contributed by atoms with Crippen LogP contribution in [0.4, 0.5) is 11.4 Å². The number of imidazole rings is 1. The summed E-state index contributed by atoms with van der Waals surface area (Å²) in [6, 6.07) is 20.8. The predicted molar refractivity (Wildman–Crippen MR) is 105 cm³/mol. The molecule has 0 spiro atoms. The van der Waals surface area contributed by atoms with Gasteiger partial charge in [-0.05, 0) is 30.3 Å². The molecule has 1 aliphatic rings. The highest BCUT2D eigenvalue weighted by molar-refractivity contribution is 5.80. The largest absolute Gasteiger partial charge is 0.346 e. The lowest BCUT2D eigenvalue weighted by Crippen LogP contribution is -2.32. The number of aromatic nitrogens is 3. The van der Waals surface area contributed by atoms with Gasteiger partial charge in [-0.3, -0.25) is 9.55 Å². The van der Waals surface area contributed by atoms with Gasteiger partial charge in [0.1, 0.15) is 0 Å². The van der Waals surface area contributed by atoms with Crippen LogP contribution in [-0.2, 0) is 0 Å². The Morgan fingerprint density at radius 1 is 0.808 bits per heavy atom. The fourth-order valence-corrected chi connectivity index (χ4v) is 3.89. The van der Waals surface area contributed by atoms with Crippen molar-refractivity contribution in [2.75, 3.05) is 23.9 Å². The van der Waals surface area contributed by atoms with Gasteiger partial charge in [0, 0.05) is 26.0 Å². The lowest BCUT2D eigenvalue weighted by atomic mass is 10.3. The van der Waals surface area contributed by atoms with Gasteiger partial charge in [0.25, 0.3) is 0 Å². The van der Waals surface area contributed by atoms with Crippen LogP contribution in [0.25, 0.3) is 16.7 Å². The molecule has 0 radical (unpaired) electrons. The summed E-state index contributed by atoms with van der Waals surface area (Å²) in [6.45, 7) is 0. The van der Waals surface area contributed by atoms with E-state index in [0.717, 1.165) is 22.5 Å². The van der Waals surface area contributed by atoms with Crippen molar-refractivity contribution in [2.45, 2.75) is 6.17 Å². The van der Waals surface area contributed by atoms with Crippen LogP contribution in [0, 0.1) is 0 Å². The van der Waals surface area contributed by atoms with Crippen molar-refractivity contribution in [3.8, 4) is 5.69 Å². The number of hydrogen-bond donors (Lipinski definition) is 0. The first-order valence-corrected chi connectivity index (χ1v) is 8.68. The maximum absolute atomic E-state index is 4.99. The second kappa shape index (κ2) is 5.59. The van der Waals surface area contributed by atoms with E-state index in [9.17, 15) is 0 Å². The lowest BCUT2D eigenvalue weighted by molar-refractivity contribution is 0.640. The van der Waals surface area contributed by atoms with Crippen molar-refractivity contribution in [3.63, 3.8) is 0 Å². The molecule has 2 aromatic carbocycles. The van der Waals surface area contributed by atoms with Gasteiger partial charge in [0.05, 0.1) is 28.6 Å². The Morgan fingerprint density at radius 3 is 2.15 bits per heavy atom. The lowest BCUT2D eigenvalue weighted by Gasteiger charge is -2.28. The van der Waals surface area contributed by atoms with Crippen molar-refractivity contribution in [1.29, 1.82) is 0 Å². The van der Waals surface area contributed by atoms with Crippen molar-refractivity contribution >= 4 is 22.4 Å². The molecule has 3 heterocycles.